The number of fused-ring (bicyclic) bond motifs is 1. The van der Waals surface area contributed by atoms with E-state index in [0.717, 1.165) is 16.7 Å². The van der Waals surface area contributed by atoms with Crippen molar-refractivity contribution < 1.29 is 14.3 Å². The number of benzene rings is 2. The van der Waals surface area contributed by atoms with Gasteiger partial charge in [-0.2, -0.15) is 0 Å². The highest BCUT2D eigenvalue weighted by Crippen LogP contribution is 2.30. The fraction of sp³-hybridized carbons (Fsp3) is 0.167. The third-order valence-corrected chi connectivity index (χ3v) is 6.37. The van der Waals surface area contributed by atoms with Gasteiger partial charge in [-0.25, -0.2) is 9.78 Å². The molecule has 0 spiro atoms. The Hall–Kier alpha value is -3.49. The number of rotatable bonds is 6. The molecular formula is C24H20ClN3O4S. The van der Waals surface area contributed by atoms with E-state index in [4.69, 9.17) is 16.3 Å². The molecule has 33 heavy (non-hydrogen) atoms. The Morgan fingerprint density at radius 2 is 1.94 bits per heavy atom. The number of carbonyl (C=O) groups is 2. The zero-order valence-electron chi connectivity index (χ0n) is 17.9. The molecule has 0 aliphatic heterocycles. The van der Waals surface area contributed by atoms with Crippen LogP contribution in [0, 0.1) is 6.92 Å². The van der Waals surface area contributed by atoms with Gasteiger partial charge in [-0.15, -0.1) is 11.3 Å². The van der Waals surface area contributed by atoms with E-state index in [0.29, 0.717) is 15.9 Å². The van der Waals surface area contributed by atoms with Crippen LogP contribution >= 0.6 is 22.9 Å². The molecule has 0 atom stereocenters. The number of aromatic nitrogens is 2. The first-order valence-electron chi connectivity index (χ1n) is 10.1. The summed E-state index contributed by atoms with van der Waals surface area (Å²) in [6.07, 6.45) is 1.51. The van der Waals surface area contributed by atoms with Crippen LogP contribution < -0.4 is 10.9 Å². The van der Waals surface area contributed by atoms with E-state index >= 15 is 0 Å². The standard InChI is InChI=1S/C24H20ClN3O4S/c1-14-3-5-15(6-4-14)18-12-33-22-21(18)23(30)28(13-26-22)10-9-20(29)27-16-7-8-19(25)17(11-16)24(31)32-2/h3-8,11-13H,9-10H2,1-2H3,(H,27,29). The van der Waals surface area contributed by atoms with Crippen molar-refractivity contribution in [2.75, 3.05) is 12.4 Å². The van der Waals surface area contributed by atoms with Gasteiger partial charge >= 0.3 is 5.97 Å². The van der Waals surface area contributed by atoms with Crippen molar-refractivity contribution in [1.82, 2.24) is 9.55 Å². The van der Waals surface area contributed by atoms with Gasteiger partial charge in [-0.3, -0.25) is 14.2 Å². The maximum atomic E-state index is 13.1. The number of carbonyl (C=O) groups excluding carboxylic acids is 2. The predicted octanol–water partition coefficient (Wildman–Crippen LogP) is 4.90. The Kier molecular flexibility index (Phi) is 6.57. The van der Waals surface area contributed by atoms with Gasteiger partial charge in [0.1, 0.15) is 4.83 Å². The summed E-state index contributed by atoms with van der Waals surface area (Å²) in [6, 6.07) is 12.5. The average molecular weight is 482 g/mol. The highest BCUT2D eigenvalue weighted by molar-refractivity contribution is 7.17. The molecule has 9 heteroatoms. The molecule has 168 valence electrons. The van der Waals surface area contributed by atoms with Crippen LogP contribution in [0.15, 0.2) is 59.0 Å². The molecule has 0 fully saturated rings. The van der Waals surface area contributed by atoms with Crippen LogP contribution in [0.1, 0.15) is 22.3 Å². The van der Waals surface area contributed by atoms with Gasteiger partial charge in [-0.05, 0) is 30.7 Å². The summed E-state index contributed by atoms with van der Waals surface area (Å²) >= 11 is 7.43. The lowest BCUT2D eigenvalue weighted by Gasteiger charge is -2.09. The van der Waals surface area contributed by atoms with Crippen molar-refractivity contribution in [3.8, 4) is 11.1 Å². The quantitative estimate of drug-likeness (QED) is 0.395. The number of nitrogens with one attached hydrogen (secondary N) is 1. The minimum Gasteiger partial charge on any atom is -0.465 e. The second-order valence-corrected chi connectivity index (χ2v) is 8.69. The summed E-state index contributed by atoms with van der Waals surface area (Å²) in [5, 5.41) is 5.42. The summed E-state index contributed by atoms with van der Waals surface area (Å²) in [5.41, 5.74) is 3.30. The third kappa shape index (κ3) is 4.81. The summed E-state index contributed by atoms with van der Waals surface area (Å²) in [4.78, 5) is 42.5. The van der Waals surface area contributed by atoms with Crippen molar-refractivity contribution >= 4 is 50.7 Å². The minimum absolute atomic E-state index is 0.0489. The second-order valence-electron chi connectivity index (χ2n) is 7.42. The number of ether oxygens (including phenoxy) is 1. The molecule has 0 aliphatic carbocycles. The van der Waals surface area contributed by atoms with Gasteiger partial charge in [0.15, 0.2) is 0 Å². The highest BCUT2D eigenvalue weighted by atomic mass is 35.5. The highest BCUT2D eigenvalue weighted by Gasteiger charge is 2.15. The number of thiophene rings is 1. The Bertz CT molecular complexity index is 1410. The molecule has 2 aromatic heterocycles. The fourth-order valence-electron chi connectivity index (χ4n) is 3.39. The van der Waals surface area contributed by atoms with Crippen LogP contribution in [0.5, 0.6) is 0 Å². The molecule has 1 N–H and O–H groups in total. The number of amides is 1. The largest absolute Gasteiger partial charge is 0.465 e. The average Bonchev–Trinajstić information content (AvgIpc) is 3.25. The van der Waals surface area contributed by atoms with Gasteiger partial charge in [0.05, 0.1) is 29.4 Å². The van der Waals surface area contributed by atoms with Crippen molar-refractivity contribution in [3.05, 3.63) is 80.7 Å². The monoisotopic (exact) mass is 481 g/mol. The lowest BCUT2D eigenvalue weighted by Crippen LogP contribution is -2.23. The summed E-state index contributed by atoms with van der Waals surface area (Å²) in [7, 11) is 1.25. The van der Waals surface area contributed by atoms with Crippen LogP contribution in [0.25, 0.3) is 21.3 Å². The molecule has 1 amide bonds. The number of aryl methyl sites for hydroxylation is 2. The molecular weight excluding hydrogens is 462 g/mol. The van der Waals surface area contributed by atoms with Crippen molar-refractivity contribution in [1.29, 1.82) is 0 Å². The lowest BCUT2D eigenvalue weighted by atomic mass is 10.1. The minimum atomic E-state index is -0.595. The summed E-state index contributed by atoms with van der Waals surface area (Å²) in [5.74, 6) is -0.911. The topological polar surface area (TPSA) is 90.3 Å². The normalized spacial score (nSPS) is 10.9. The summed E-state index contributed by atoms with van der Waals surface area (Å²) in [6.45, 7) is 2.17. The molecule has 0 unspecified atom stereocenters. The maximum Gasteiger partial charge on any atom is 0.339 e. The molecule has 0 saturated heterocycles. The molecule has 7 nitrogen and oxygen atoms in total. The number of nitrogens with zero attached hydrogens (tertiary/aromatic N) is 2. The fourth-order valence-corrected chi connectivity index (χ4v) is 4.49. The number of methoxy groups -OCH3 is 1. The lowest BCUT2D eigenvalue weighted by molar-refractivity contribution is -0.116. The zero-order chi connectivity index (χ0) is 23.5. The molecule has 0 saturated carbocycles. The van der Waals surface area contributed by atoms with E-state index in [1.165, 1.54) is 41.5 Å². The molecule has 2 aromatic carbocycles. The first kappa shape index (κ1) is 22.7. The van der Waals surface area contributed by atoms with Crippen LogP contribution in [0.2, 0.25) is 5.02 Å². The van der Waals surface area contributed by atoms with Gasteiger partial charge < -0.3 is 10.1 Å². The number of halogens is 1. The van der Waals surface area contributed by atoms with Crippen molar-refractivity contribution in [3.63, 3.8) is 0 Å². The van der Waals surface area contributed by atoms with E-state index in [-0.39, 0.29) is 35.0 Å². The number of hydrogen-bond donors (Lipinski definition) is 1. The van der Waals surface area contributed by atoms with Crippen LogP contribution in [-0.2, 0) is 16.1 Å². The maximum absolute atomic E-state index is 13.1. The van der Waals surface area contributed by atoms with Crippen molar-refractivity contribution in [2.45, 2.75) is 19.9 Å². The van der Waals surface area contributed by atoms with Gasteiger partial charge in [0.2, 0.25) is 5.91 Å². The zero-order valence-corrected chi connectivity index (χ0v) is 19.5. The number of hydrogen-bond acceptors (Lipinski definition) is 6. The van der Waals surface area contributed by atoms with E-state index in [1.54, 1.807) is 6.07 Å². The van der Waals surface area contributed by atoms with Crippen LogP contribution in [0.4, 0.5) is 5.69 Å². The van der Waals surface area contributed by atoms with E-state index in [9.17, 15) is 14.4 Å². The number of anilines is 1. The van der Waals surface area contributed by atoms with Gasteiger partial charge in [0.25, 0.3) is 5.56 Å². The van der Waals surface area contributed by atoms with Crippen molar-refractivity contribution in [2.24, 2.45) is 0 Å². The molecule has 0 bridgehead atoms. The smallest absolute Gasteiger partial charge is 0.339 e. The molecule has 0 aliphatic rings. The number of esters is 1. The van der Waals surface area contributed by atoms with E-state index in [1.807, 2.05) is 36.6 Å². The third-order valence-electron chi connectivity index (χ3n) is 5.16. The Morgan fingerprint density at radius 1 is 1.18 bits per heavy atom. The van der Waals surface area contributed by atoms with Gasteiger partial charge in [0, 0.05) is 29.6 Å². The second kappa shape index (κ2) is 9.56. The molecule has 4 rings (SSSR count). The Labute approximate surface area is 198 Å². The molecule has 2 heterocycles. The van der Waals surface area contributed by atoms with Crippen LogP contribution in [-0.4, -0.2) is 28.5 Å². The first-order chi connectivity index (χ1) is 15.9. The van der Waals surface area contributed by atoms with E-state index in [2.05, 4.69) is 10.3 Å². The Morgan fingerprint density at radius 3 is 2.67 bits per heavy atom. The van der Waals surface area contributed by atoms with Crippen LogP contribution in [0.3, 0.4) is 0 Å². The first-order valence-corrected chi connectivity index (χ1v) is 11.3. The molecule has 4 aromatic rings. The van der Waals surface area contributed by atoms with E-state index < -0.39 is 5.97 Å². The summed E-state index contributed by atoms with van der Waals surface area (Å²) < 4.78 is 6.13. The SMILES string of the molecule is COC(=O)c1cc(NC(=O)CCn2cnc3scc(-c4ccc(C)cc4)c3c2=O)ccc1Cl. The Balaban J connectivity index is 1.52. The predicted molar refractivity (Wildman–Crippen MR) is 130 cm³/mol. The van der Waals surface area contributed by atoms with Gasteiger partial charge in [-0.1, -0.05) is 41.4 Å². The molecule has 0 radical (unpaired) electrons.